The SMILES string of the molecule is [2H]c1c([2H])c([2H])c(-c2cc3c4c(c2)n(-c2[c-]c(Oc5[c-]c6c(cc5)c5ccccc5n6-c5cc(C([2H])([2H])[2H])c(C([2H])([2H])[2H])cn5)ccc2)c[n+]4-c2c(-c4cc(C(C)(C)C)cc(C(C)(C)C)c4)cccc2-c2cc([Si](c4c([2H])c([2H])c([2H])c([2H])c4[2H])(c4c([2H])c([2H])c([2H])c([2H])c4[2H])c4c([2H])c([2H])c([2H])c([2H])c4[2H])ccc2-c2ccccc2-3)c([2H])c1[2H].[Pt]. The topological polar surface area (TPSA) is 35.9 Å². The molecule has 0 bridgehead atoms. The van der Waals surface area contributed by atoms with Crippen LogP contribution in [0, 0.1) is 25.8 Å². The van der Waals surface area contributed by atoms with Crippen LogP contribution in [-0.2, 0) is 31.9 Å². The number of nitrogens with zero attached hydrogens (tertiary/aromatic N) is 4. The van der Waals surface area contributed by atoms with Crippen molar-refractivity contribution in [2.24, 2.45) is 0 Å². The van der Waals surface area contributed by atoms with Gasteiger partial charge >= 0.3 is 0 Å². The van der Waals surface area contributed by atoms with Gasteiger partial charge in [0.25, 0.3) is 6.33 Å². The summed E-state index contributed by atoms with van der Waals surface area (Å²) in [5, 5.41) is -0.834. The Labute approximate surface area is 609 Å². The van der Waals surface area contributed by atoms with Crippen LogP contribution in [0.4, 0.5) is 0 Å². The molecule has 0 radical (unpaired) electrons. The number of aryl methyl sites for hydroxylation is 2. The maximum Gasteiger partial charge on any atom is 0.253 e. The van der Waals surface area contributed by atoms with Crippen LogP contribution in [0.15, 0.2) is 285 Å². The number of aromatic nitrogens is 4. The molecule has 7 heteroatoms. The zero-order chi connectivity index (χ0) is 86.4. The maximum atomic E-state index is 10.1. The smallest absolute Gasteiger partial charge is 0.253 e. The fourth-order valence-electron chi connectivity index (χ4n) is 13.1. The molecule has 12 aromatic carbocycles. The Hall–Kier alpha value is -10.2. The summed E-state index contributed by atoms with van der Waals surface area (Å²) in [7, 11) is -5.83. The molecule has 0 atom stereocenters. The summed E-state index contributed by atoms with van der Waals surface area (Å²) in [6, 6.07) is 34.6. The van der Waals surface area contributed by atoms with Gasteiger partial charge in [-0.1, -0.05) is 271 Å². The van der Waals surface area contributed by atoms with Gasteiger partial charge in [-0.2, -0.15) is 16.7 Å². The fraction of sp³-hybridized carbons (Fsp3) is 0.114. The largest absolute Gasteiger partial charge is 0.509 e. The van der Waals surface area contributed by atoms with E-state index in [0.29, 0.717) is 77.8 Å². The summed E-state index contributed by atoms with van der Waals surface area (Å²) < 4.78 is 252. The number of benzene rings is 12. The molecule has 15 aromatic rings. The molecule has 3 aromatic heterocycles. The van der Waals surface area contributed by atoms with E-state index >= 15 is 0 Å². The molecule has 4 heterocycles. The second kappa shape index (κ2) is 24.0. The predicted molar refractivity (Wildman–Crippen MR) is 392 cm³/mol. The minimum atomic E-state index is -5.83. The summed E-state index contributed by atoms with van der Waals surface area (Å²) in [6.45, 7) is 6.90. The average molecular weight is 1450 g/mol. The number of hydrogen-bond donors (Lipinski definition) is 0. The summed E-state index contributed by atoms with van der Waals surface area (Å²) in [4.78, 5) is 4.55. The third kappa shape index (κ3) is 10.5. The number of hydrogen-bond acceptors (Lipinski definition) is 2. The molecule has 95 heavy (non-hydrogen) atoms. The van der Waals surface area contributed by atoms with E-state index in [-0.39, 0.29) is 60.3 Å². The Balaban J connectivity index is 0.0000114. The maximum absolute atomic E-state index is 10.1. The molecule has 0 fully saturated rings. The third-order valence-electron chi connectivity index (χ3n) is 17.6. The molecular formula is C88H71N4OPtSi-. The van der Waals surface area contributed by atoms with E-state index in [1.807, 2.05) is 53.1 Å². The van der Waals surface area contributed by atoms with Crippen LogP contribution in [0.1, 0.15) is 99.4 Å². The van der Waals surface area contributed by atoms with Crippen LogP contribution in [0.5, 0.6) is 11.5 Å². The van der Waals surface area contributed by atoms with Crippen molar-refractivity contribution in [3.63, 3.8) is 0 Å². The Morgan fingerprint density at radius 1 is 0.463 bits per heavy atom. The van der Waals surface area contributed by atoms with Crippen molar-refractivity contribution in [1.29, 1.82) is 0 Å². The Morgan fingerprint density at radius 3 is 1.72 bits per heavy atom. The Kier molecular flexibility index (Phi) is 9.63. The van der Waals surface area contributed by atoms with E-state index in [1.165, 1.54) is 12.1 Å². The van der Waals surface area contributed by atoms with Crippen molar-refractivity contribution in [3.8, 4) is 84.3 Å². The van der Waals surface area contributed by atoms with E-state index in [9.17, 15) is 19.2 Å². The number of pyridine rings is 1. The second-order valence-electron chi connectivity index (χ2n) is 25.3. The molecule has 0 spiro atoms. The zero-order valence-electron chi connectivity index (χ0n) is 78.1. The van der Waals surface area contributed by atoms with Crippen molar-refractivity contribution in [2.75, 3.05) is 0 Å². The van der Waals surface area contributed by atoms with Gasteiger partial charge in [-0.3, -0.25) is 0 Å². The van der Waals surface area contributed by atoms with E-state index in [0.717, 1.165) is 22.7 Å². The van der Waals surface area contributed by atoms with Crippen LogP contribution in [0.25, 0.3) is 106 Å². The minimum absolute atomic E-state index is 0. The molecule has 0 saturated heterocycles. The van der Waals surface area contributed by atoms with Crippen molar-refractivity contribution < 1.29 is 66.0 Å². The van der Waals surface area contributed by atoms with Gasteiger partial charge in [0.05, 0.1) is 27.4 Å². The molecule has 16 rings (SSSR count). The molecule has 0 unspecified atom stereocenters. The summed E-state index contributed by atoms with van der Waals surface area (Å²) in [5.74, 6) is 0.362. The summed E-state index contributed by atoms with van der Waals surface area (Å²) in [5.41, 5.74) is 6.20. The van der Waals surface area contributed by atoms with Crippen LogP contribution in [0.3, 0.4) is 0 Å². The first-order valence-electron chi connectivity index (χ1n) is 43.5. The van der Waals surface area contributed by atoms with Gasteiger partial charge in [-0.05, 0) is 136 Å². The number of rotatable bonds is 10. The van der Waals surface area contributed by atoms with Crippen LogP contribution in [0.2, 0.25) is 0 Å². The van der Waals surface area contributed by atoms with Crippen molar-refractivity contribution >= 4 is 61.7 Å². The van der Waals surface area contributed by atoms with Crippen LogP contribution >= 0.6 is 0 Å². The molecule has 0 N–H and O–H groups in total. The zero-order valence-corrected chi connectivity index (χ0v) is 55.4. The fourth-order valence-corrected chi connectivity index (χ4v) is 16.9. The Bertz CT molecular complexity index is 6660. The van der Waals surface area contributed by atoms with Gasteiger partial charge in [0.2, 0.25) is 0 Å². The quantitative estimate of drug-likeness (QED) is 0.0592. The van der Waals surface area contributed by atoms with Crippen molar-refractivity contribution in [2.45, 2.75) is 66.1 Å². The van der Waals surface area contributed by atoms with E-state index in [2.05, 4.69) is 76.9 Å². The van der Waals surface area contributed by atoms with Gasteiger partial charge < -0.3 is 9.30 Å². The van der Waals surface area contributed by atoms with Gasteiger partial charge in [-0.15, -0.1) is 29.7 Å². The second-order valence-corrected chi connectivity index (χ2v) is 28.9. The van der Waals surface area contributed by atoms with E-state index < -0.39 is 180 Å². The molecule has 0 aliphatic carbocycles. The first-order chi connectivity index (χ1) is 56.4. The molecule has 0 amide bonds. The standard InChI is InChI=1S/C88H71N4OSi.Pt/c1-58-47-84(89-56-59(58)2)92-81-42-24-23-39-76(81)77-45-43-67(54-82(77)92)93-66-30-25-29-65(53-66)90-57-91-85-72(62-48-63(87(3,4)5)52-64(49-62)88(6,7)8)40-26-41-78(85)79-55-71(94(68-31-15-10-16-32-68,69-33-17-11-18-34-69)70-35-19-12-20-36-70)44-46-75(79)73-37-21-22-38-74(73)80-50-61(51-83(90)86(80)91)60-27-13-9-14-28-60;/h9-52,55-57H,1-8H3;/q-1;/i1D3,2D3,9D,10D,11D,12D,13D,14D,15D,16D,17D,18D,19D,20D,27D,28D,31D,32D,33D,34D,35D,36D;. The van der Waals surface area contributed by atoms with E-state index in [1.54, 1.807) is 88.3 Å². The normalized spacial score (nSPS) is 16.3. The summed E-state index contributed by atoms with van der Waals surface area (Å²) >= 11 is 0. The number of fused-ring (bicyclic) bond motifs is 10. The Morgan fingerprint density at radius 2 is 1.05 bits per heavy atom. The van der Waals surface area contributed by atoms with Crippen molar-refractivity contribution in [1.82, 2.24) is 14.1 Å². The monoisotopic (exact) mass is 1450 g/mol. The minimum Gasteiger partial charge on any atom is -0.509 e. The predicted octanol–water partition coefficient (Wildman–Crippen LogP) is 19.0. The molecule has 1 aliphatic rings. The number of para-hydroxylation sites is 2. The molecule has 0 saturated carbocycles. The van der Waals surface area contributed by atoms with Crippen LogP contribution < -0.4 is 30.1 Å². The number of ether oxygens (including phenoxy) is 1. The molecular weight excluding hydrogens is 1350 g/mol. The summed E-state index contributed by atoms with van der Waals surface area (Å²) in [6.07, 6.45) is 2.85. The first-order valence-corrected chi connectivity index (χ1v) is 32.5. The van der Waals surface area contributed by atoms with Gasteiger partial charge in [-0.25, -0.2) is 9.55 Å². The van der Waals surface area contributed by atoms with E-state index in [4.69, 9.17) is 21.2 Å². The number of imidazole rings is 1. The van der Waals surface area contributed by atoms with Gasteiger partial charge in [0.15, 0.2) is 19.1 Å². The average Bonchev–Trinajstić information content (AvgIpc) is 0.999. The van der Waals surface area contributed by atoms with Crippen LogP contribution in [-0.4, -0.2) is 22.2 Å². The first kappa shape index (κ1) is 38.2. The molecule has 5 nitrogen and oxygen atoms in total. The molecule has 1 aliphatic heterocycles. The van der Waals surface area contributed by atoms with Crippen molar-refractivity contribution in [3.05, 3.63) is 319 Å². The van der Waals surface area contributed by atoms with Gasteiger partial charge in [0.1, 0.15) is 11.5 Å². The van der Waals surface area contributed by atoms with Gasteiger partial charge in [0, 0.05) is 74.9 Å². The molecule has 464 valence electrons. The third-order valence-corrected chi connectivity index (χ3v) is 21.8.